The lowest BCUT2D eigenvalue weighted by molar-refractivity contribution is -0.125. The SMILES string of the molecule is CCCC1CC(=O)NC(n2nc(C3CC3)cc2NC(=O)c2cc(-c3ccco3)on2)N1. The lowest BCUT2D eigenvalue weighted by Crippen LogP contribution is -2.53. The Labute approximate surface area is 178 Å². The van der Waals surface area contributed by atoms with Crippen LogP contribution in [0.1, 0.15) is 67.4 Å². The van der Waals surface area contributed by atoms with Gasteiger partial charge in [-0.3, -0.25) is 14.9 Å². The molecule has 3 aromatic heterocycles. The van der Waals surface area contributed by atoms with Gasteiger partial charge in [-0.05, 0) is 31.4 Å². The van der Waals surface area contributed by atoms with Crippen LogP contribution in [0.2, 0.25) is 0 Å². The van der Waals surface area contributed by atoms with Gasteiger partial charge in [0.15, 0.2) is 17.7 Å². The Bertz CT molecular complexity index is 1080. The normalized spacial score (nSPS) is 21.1. The summed E-state index contributed by atoms with van der Waals surface area (Å²) in [4.78, 5) is 25.1. The first-order valence-electron chi connectivity index (χ1n) is 10.6. The highest BCUT2D eigenvalue weighted by molar-refractivity contribution is 6.02. The van der Waals surface area contributed by atoms with E-state index in [0.717, 1.165) is 31.4 Å². The first-order chi connectivity index (χ1) is 15.1. The summed E-state index contributed by atoms with van der Waals surface area (Å²) < 4.78 is 12.1. The van der Waals surface area contributed by atoms with Gasteiger partial charge in [-0.15, -0.1) is 0 Å². The van der Waals surface area contributed by atoms with E-state index in [-0.39, 0.29) is 17.6 Å². The zero-order valence-electron chi connectivity index (χ0n) is 17.1. The smallest absolute Gasteiger partial charge is 0.279 e. The van der Waals surface area contributed by atoms with E-state index in [2.05, 4.69) is 33.1 Å². The van der Waals surface area contributed by atoms with E-state index >= 15 is 0 Å². The summed E-state index contributed by atoms with van der Waals surface area (Å²) in [5, 5.41) is 17.7. The first kappa shape index (κ1) is 19.6. The Morgan fingerprint density at radius 1 is 1.32 bits per heavy atom. The molecule has 10 nitrogen and oxygen atoms in total. The molecule has 0 aromatic carbocycles. The minimum absolute atomic E-state index is 0.0393. The van der Waals surface area contributed by atoms with Crippen LogP contribution in [0.15, 0.2) is 39.5 Å². The average Bonchev–Trinajstić information content (AvgIpc) is 3.14. The number of carbonyl (C=O) groups is 2. The summed E-state index contributed by atoms with van der Waals surface area (Å²) in [5.74, 6) is 1.26. The molecule has 3 N–H and O–H groups in total. The van der Waals surface area contributed by atoms with Gasteiger partial charge in [0.1, 0.15) is 5.82 Å². The second-order valence-corrected chi connectivity index (χ2v) is 8.01. The zero-order chi connectivity index (χ0) is 21.4. The predicted molar refractivity (Wildman–Crippen MR) is 110 cm³/mol. The largest absolute Gasteiger partial charge is 0.461 e. The van der Waals surface area contributed by atoms with Crippen LogP contribution in [0.4, 0.5) is 5.82 Å². The van der Waals surface area contributed by atoms with Crippen molar-refractivity contribution in [2.24, 2.45) is 0 Å². The van der Waals surface area contributed by atoms with Crippen molar-refractivity contribution < 1.29 is 18.5 Å². The number of hydrogen-bond acceptors (Lipinski definition) is 7. The summed E-state index contributed by atoms with van der Waals surface area (Å²) in [6.45, 7) is 2.09. The van der Waals surface area contributed by atoms with Gasteiger partial charge in [-0.1, -0.05) is 18.5 Å². The number of nitrogens with one attached hydrogen (secondary N) is 3. The third-order valence-corrected chi connectivity index (χ3v) is 5.50. The molecule has 1 saturated carbocycles. The predicted octanol–water partition coefficient (Wildman–Crippen LogP) is 3.00. The summed E-state index contributed by atoms with van der Waals surface area (Å²) >= 11 is 0. The number of anilines is 1. The molecule has 0 spiro atoms. The number of nitrogens with zero attached hydrogens (tertiary/aromatic N) is 3. The van der Waals surface area contributed by atoms with Crippen molar-refractivity contribution in [2.75, 3.05) is 5.32 Å². The van der Waals surface area contributed by atoms with Crippen molar-refractivity contribution in [3.8, 4) is 11.5 Å². The quantitative estimate of drug-likeness (QED) is 0.532. The lowest BCUT2D eigenvalue weighted by atomic mass is 10.1. The maximum absolute atomic E-state index is 12.8. The Morgan fingerprint density at radius 2 is 2.19 bits per heavy atom. The van der Waals surface area contributed by atoms with Crippen LogP contribution in [0.3, 0.4) is 0 Å². The van der Waals surface area contributed by atoms with Crippen LogP contribution in [0.25, 0.3) is 11.5 Å². The van der Waals surface area contributed by atoms with E-state index in [0.29, 0.717) is 29.7 Å². The third kappa shape index (κ3) is 4.11. The molecule has 2 atom stereocenters. The number of hydrogen-bond donors (Lipinski definition) is 3. The molecule has 162 valence electrons. The molecule has 2 amide bonds. The fourth-order valence-electron chi connectivity index (χ4n) is 3.80. The van der Waals surface area contributed by atoms with Crippen molar-refractivity contribution in [3.63, 3.8) is 0 Å². The van der Waals surface area contributed by atoms with Crippen molar-refractivity contribution in [2.45, 2.75) is 57.3 Å². The molecule has 1 saturated heterocycles. The molecular formula is C21H24N6O4. The van der Waals surface area contributed by atoms with Gasteiger partial charge in [0.2, 0.25) is 11.7 Å². The molecule has 4 heterocycles. The molecule has 1 aliphatic heterocycles. The van der Waals surface area contributed by atoms with Crippen molar-refractivity contribution in [1.82, 2.24) is 25.6 Å². The monoisotopic (exact) mass is 424 g/mol. The van der Waals surface area contributed by atoms with E-state index in [1.165, 1.54) is 12.3 Å². The number of rotatable bonds is 7. The highest BCUT2D eigenvalue weighted by Crippen LogP contribution is 2.40. The van der Waals surface area contributed by atoms with Gasteiger partial charge >= 0.3 is 0 Å². The fourth-order valence-corrected chi connectivity index (χ4v) is 3.80. The zero-order valence-corrected chi connectivity index (χ0v) is 17.1. The minimum atomic E-state index is -0.531. The lowest BCUT2D eigenvalue weighted by Gasteiger charge is -2.32. The summed E-state index contributed by atoms with van der Waals surface area (Å²) in [7, 11) is 0. The minimum Gasteiger partial charge on any atom is -0.461 e. The molecule has 3 aromatic rings. The van der Waals surface area contributed by atoms with Gasteiger partial charge in [0.05, 0.1) is 12.0 Å². The maximum atomic E-state index is 12.8. The van der Waals surface area contributed by atoms with Crippen LogP contribution in [-0.2, 0) is 4.79 Å². The Balaban J connectivity index is 1.38. The molecule has 0 radical (unpaired) electrons. The Kier molecular flexibility index (Phi) is 5.06. The maximum Gasteiger partial charge on any atom is 0.279 e. The second-order valence-electron chi connectivity index (χ2n) is 8.01. The van der Waals surface area contributed by atoms with E-state index in [9.17, 15) is 9.59 Å². The van der Waals surface area contributed by atoms with E-state index in [1.54, 1.807) is 16.8 Å². The van der Waals surface area contributed by atoms with E-state index < -0.39 is 12.2 Å². The molecule has 1 aliphatic carbocycles. The van der Waals surface area contributed by atoms with Crippen LogP contribution < -0.4 is 16.0 Å². The van der Waals surface area contributed by atoms with Crippen LogP contribution in [0.5, 0.6) is 0 Å². The molecule has 2 aliphatic rings. The van der Waals surface area contributed by atoms with E-state index in [4.69, 9.17) is 8.94 Å². The van der Waals surface area contributed by atoms with Crippen LogP contribution >= 0.6 is 0 Å². The Hall–Kier alpha value is -3.40. The van der Waals surface area contributed by atoms with Gasteiger partial charge in [0.25, 0.3) is 5.91 Å². The molecule has 0 bridgehead atoms. The van der Waals surface area contributed by atoms with Crippen molar-refractivity contribution in [1.29, 1.82) is 0 Å². The topological polar surface area (TPSA) is 127 Å². The van der Waals surface area contributed by atoms with Gasteiger partial charge in [0, 0.05) is 30.5 Å². The standard InChI is InChI=1S/C21H24N6O4/c1-2-4-13-9-19(28)24-21(22-13)27-18(11-14(25-27)12-6-7-12)23-20(29)15-10-17(31-26-15)16-5-3-8-30-16/h3,5,8,10-13,21-22H,2,4,6-7,9H2,1H3,(H,23,29)(H,24,28). The molecule has 10 heteroatoms. The fraction of sp³-hybridized carbons (Fsp3) is 0.429. The highest BCUT2D eigenvalue weighted by atomic mass is 16.5. The molecule has 5 rings (SSSR count). The average molecular weight is 424 g/mol. The molecule has 2 fully saturated rings. The second kappa shape index (κ2) is 8.03. The molecular weight excluding hydrogens is 400 g/mol. The molecule has 2 unspecified atom stereocenters. The van der Waals surface area contributed by atoms with Gasteiger partial charge < -0.3 is 19.6 Å². The number of aromatic nitrogens is 3. The van der Waals surface area contributed by atoms with Gasteiger partial charge in [-0.2, -0.15) is 5.10 Å². The van der Waals surface area contributed by atoms with Gasteiger partial charge in [-0.25, -0.2) is 4.68 Å². The van der Waals surface area contributed by atoms with Crippen LogP contribution in [-0.4, -0.2) is 32.8 Å². The van der Waals surface area contributed by atoms with Crippen molar-refractivity contribution >= 4 is 17.6 Å². The highest BCUT2D eigenvalue weighted by Gasteiger charge is 2.32. The molecule has 31 heavy (non-hydrogen) atoms. The van der Waals surface area contributed by atoms with Crippen LogP contribution in [0, 0.1) is 0 Å². The number of furan rings is 1. The van der Waals surface area contributed by atoms with Crippen molar-refractivity contribution in [3.05, 3.63) is 41.9 Å². The Morgan fingerprint density at radius 3 is 2.94 bits per heavy atom. The summed E-state index contributed by atoms with van der Waals surface area (Å²) in [5.41, 5.74) is 1.03. The number of carbonyl (C=O) groups excluding carboxylic acids is 2. The first-order valence-corrected chi connectivity index (χ1v) is 10.6. The summed E-state index contributed by atoms with van der Waals surface area (Å²) in [6, 6.07) is 6.90. The summed E-state index contributed by atoms with van der Waals surface area (Å²) in [6.07, 6.45) is 5.42. The third-order valence-electron chi connectivity index (χ3n) is 5.50. The number of amides is 2. The van der Waals surface area contributed by atoms with E-state index in [1.807, 2.05) is 6.07 Å².